The Morgan fingerprint density at radius 3 is 1.51 bits per heavy atom. The normalized spacial score (nSPS) is 14.0. The molecule has 0 rings (SSSR count). The van der Waals surface area contributed by atoms with Gasteiger partial charge in [0.1, 0.15) is 6.61 Å². The number of hydrogen-bond donors (Lipinski definition) is 1. The van der Waals surface area contributed by atoms with Gasteiger partial charge in [-0.05, 0) is 70.6 Å². The van der Waals surface area contributed by atoms with E-state index in [-0.39, 0.29) is 36.7 Å². The molecule has 0 saturated carbocycles. The van der Waals surface area contributed by atoms with Crippen molar-refractivity contribution in [3.8, 4) is 0 Å². The largest absolute Gasteiger partial charge is 0.477 e. The summed E-state index contributed by atoms with van der Waals surface area (Å²) in [6.45, 7) is 4.34. The van der Waals surface area contributed by atoms with Gasteiger partial charge in [0.2, 0.25) is 0 Å². The Bertz CT molecular complexity index is 1220. The highest BCUT2D eigenvalue weighted by atomic mass is 16.6. The molecule has 0 radical (unpaired) electrons. The van der Waals surface area contributed by atoms with Crippen LogP contribution < -0.4 is 0 Å². The Morgan fingerprint density at radius 2 is 1.02 bits per heavy atom. The summed E-state index contributed by atoms with van der Waals surface area (Å²) in [5, 5.41) is 9.58. The van der Waals surface area contributed by atoms with Gasteiger partial charge in [-0.15, -0.1) is 0 Å². The molecule has 1 N–H and O–H groups in total. The first-order chi connectivity index (χ1) is 26.6. The van der Waals surface area contributed by atoms with Crippen molar-refractivity contribution in [2.75, 3.05) is 41.0 Å². The van der Waals surface area contributed by atoms with E-state index in [9.17, 15) is 19.5 Å². The lowest BCUT2D eigenvalue weighted by Crippen LogP contribution is -2.50. The van der Waals surface area contributed by atoms with Crippen molar-refractivity contribution in [2.24, 2.45) is 0 Å². The molecule has 0 aromatic heterocycles. The molecule has 8 heteroatoms. The third-order valence-corrected chi connectivity index (χ3v) is 8.51. The molecule has 0 aliphatic rings. The van der Waals surface area contributed by atoms with Crippen molar-refractivity contribution >= 4 is 17.9 Å². The lowest BCUT2D eigenvalue weighted by Gasteiger charge is -2.31. The first-order valence-corrected chi connectivity index (χ1v) is 20.8. The SMILES string of the molecule is CC/C=C/C/C=C/C/C=C/C/C=C/C/C=C/CCCCCCCCC(=O)OCC(COCCC(C(=O)O)[N+](C)(C)C)OC(=O)C/C=C/C/C=C/C/C=C/CC. The number of aliphatic carboxylic acids is 1. The van der Waals surface area contributed by atoms with Crippen LogP contribution in [0.15, 0.2) is 97.2 Å². The minimum atomic E-state index is -0.895. The summed E-state index contributed by atoms with van der Waals surface area (Å²) in [6.07, 6.45) is 49.3. The highest BCUT2D eigenvalue weighted by molar-refractivity contribution is 5.72. The van der Waals surface area contributed by atoms with Crippen LogP contribution in [0.25, 0.3) is 0 Å². The third-order valence-electron chi connectivity index (χ3n) is 8.51. The second kappa shape index (κ2) is 37.2. The number of allylic oxidation sites excluding steroid dienone is 15. The van der Waals surface area contributed by atoms with Crippen LogP contribution in [0.1, 0.15) is 129 Å². The predicted octanol–water partition coefficient (Wildman–Crippen LogP) is 11.1. The van der Waals surface area contributed by atoms with Crippen molar-refractivity contribution in [1.29, 1.82) is 0 Å². The topological polar surface area (TPSA) is 99.1 Å². The van der Waals surface area contributed by atoms with Crippen LogP contribution in [0.2, 0.25) is 0 Å². The number of carbonyl (C=O) groups excluding carboxylic acids is 2. The van der Waals surface area contributed by atoms with E-state index in [0.29, 0.717) is 12.8 Å². The maximum Gasteiger partial charge on any atom is 0.362 e. The lowest BCUT2D eigenvalue weighted by atomic mass is 10.1. The molecule has 0 aromatic carbocycles. The number of hydrogen-bond acceptors (Lipinski definition) is 6. The number of carboxylic acid groups (broad SMARTS) is 1. The van der Waals surface area contributed by atoms with Crippen molar-refractivity contribution < 1.29 is 38.2 Å². The molecular formula is C47H76NO7+. The fourth-order valence-electron chi connectivity index (χ4n) is 5.36. The van der Waals surface area contributed by atoms with Crippen LogP contribution in [-0.2, 0) is 28.6 Å². The Balaban J connectivity index is 4.36. The van der Waals surface area contributed by atoms with Gasteiger partial charge in [0.05, 0.1) is 40.8 Å². The number of carbonyl (C=O) groups is 3. The van der Waals surface area contributed by atoms with Gasteiger partial charge >= 0.3 is 17.9 Å². The van der Waals surface area contributed by atoms with Crippen LogP contribution >= 0.6 is 0 Å². The molecule has 0 fully saturated rings. The minimum Gasteiger partial charge on any atom is -0.477 e. The van der Waals surface area contributed by atoms with E-state index in [4.69, 9.17) is 14.2 Å². The van der Waals surface area contributed by atoms with E-state index in [1.54, 1.807) is 6.08 Å². The van der Waals surface area contributed by atoms with E-state index in [1.165, 1.54) is 12.8 Å². The van der Waals surface area contributed by atoms with Gasteiger partial charge in [-0.1, -0.05) is 137 Å². The Labute approximate surface area is 335 Å². The van der Waals surface area contributed by atoms with E-state index in [2.05, 4.69) is 92.8 Å². The summed E-state index contributed by atoms with van der Waals surface area (Å²) in [4.78, 5) is 36.7. The highest BCUT2D eigenvalue weighted by Gasteiger charge is 2.31. The Morgan fingerprint density at radius 1 is 0.564 bits per heavy atom. The molecule has 0 heterocycles. The summed E-state index contributed by atoms with van der Waals surface area (Å²) in [6, 6.07) is -0.635. The van der Waals surface area contributed by atoms with Crippen LogP contribution in [0.4, 0.5) is 0 Å². The minimum absolute atomic E-state index is 0.0137. The monoisotopic (exact) mass is 767 g/mol. The molecule has 310 valence electrons. The first-order valence-electron chi connectivity index (χ1n) is 20.8. The van der Waals surface area contributed by atoms with Crippen molar-refractivity contribution in [2.45, 2.75) is 142 Å². The Hall–Kier alpha value is -3.75. The molecule has 55 heavy (non-hydrogen) atoms. The van der Waals surface area contributed by atoms with E-state index >= 15 is 0 Å². The number of carboxylic acids is 1. The van der Waals surface area contributed by atoms with Crippen molar-refractivity contribution in [1.82, 2.24) is 0 Å². The summed E-state index contributed by atoms with van der Waals surface area (Å²) in [5.41, 5.74) is 0. The predicted molar refractivity (Wildman–Crippen MR) is 229 cm³/mol. The second-order valence-electron chi connectivity index (χ2n) is 14.5. The fraction of sp³-hybridized carbons (Fsp3) is 0.596. The summed E-state index contributed by atoms with van der Waals surface area (Å²) in [5.74, 6) is -1.66. The molecule has 8 nitrogen and oxygen atoms in total. The summed E-state index contributed by atoms with van der Waals surface area (Å²) >= 11 is 0. The number of quaternary nitrogens is 1. The summed E-state index contributed by atoms with van der Waals surface area (Å²) < 4.78 is 17.1. The molecule has 2 unspecified atom stereocenters. The number of likely N-dealkylation sites (N-methyl/N-ethyl adjacent to an activating group) is 1. The lowest BCUT2D eigenvalue weighted by molar-refractivity contribution is -0.887. The average molecular weight is 767 g/mol. The van der Waals surface area contributed by atoms with Gasteiger partial charge in [0.15, 0.2) is 12.1 Å². The van der Waals surface area contributed by atoms with Gasteiger partial charge in [0.25, 0.3) is 0 Å². The van der Waals surface area contributed by atoms with Gasteiger partial charge in [-0.3, -0.25) is 9.59 Å². The average Bonchev–Trinajstić information content (AvgIpc) is 3.14. The van der Waals surface area contributed by atoms with E-state index in [0.717, 1.165) is 83.5 Å². The molecular weight excluding hydrogens is 691 g/mol. The third kappa shape index (κ3) is 35.7. The zero-order valence-electron chi connectivity index (χ0n) is 35.1. The van der Waals surface area contributed by atoms with Crippen LogP contribution in [0.5, 0.6) is 0 Å². The number of unbranched alkanes of at least 4 members (excludes halogenated alkanes) is 6. The maximum atomic E-state index is 12.6. The summed E-state index contributed by atoms with van der Waals surface area (Å²) in [7, 11) is 5.47. The maximum absolute atomic E-state index is 12.6. The molecule has 2 atom stereocenters. The van der Waals surface area contributed by atoms with Gasteiger partial charge in [-0.2, -0.15) is 0 Å². The smallest absolute Gasteiger partial charge is 0.362 e. The zero-order valence-corrected chi connectivity index (χ0v) is 35.1. The number of ether oxygens (including phenoxy) is 3. The molecule has 0 aliphatic carbocycles. The molecule has 0 amide bonds. The standard InChI is InChI=1S/C47H75NO7/c1-6-8-10-12-14-16-17-18-19-20-21-22-23-24-25-26-27-28-30-31-33-35-37-45(49)54-42-43(41-53-40-39-44(47(51)52)48(3,4)5)55-46(50)38-36-34-32-29-15-13-11-9-7-2/h8-11,14-16,18-19,21-22,24-25,29,34,36,43-44H,6-7,12-13,17,20,23,26-28,30-33,35,37-42H2,1-5H3/p+1/b10-8+,11-9+,16-14+,19-18+,22-21+,25-24+,29-15+,36-34+. The van der Waals surface area contributed by atoms with Crippen molar-refractivity contribution in [3.05, 3.63) is 97.2 Å². The molecule has 0 bridgehead atoms. The van der Waals surface area contributed by atoms with Gasteiger partial charge in [0, 0.05) is 12.8 Å². The quantitative estimate of drug-likeness (QED) is 0.0297. The highest BCUT2D eigenvalue weighted by Crippen LogP contribution is 2.12. The second-order valence-corrected chi connectivity index (χ2v) is 14.5. The Kier molecular flexibility index (Phi) is 34.7. The number of esters is 2. The molecule has 0 aliphatic heterocycles. The van der Waals surface area contributed by atoms with Gasteiger partial charge in [-0.25, -0.2) is 4.79 Å². The van der Waals surface area contributed by atoms with Crippen LogP contribution in [0, 0.1) is 0 Å². The van der Waals surface area contributed by atoms with Crippen LogP contribution in [-0.4, -0.2) is 80.6 Å². The number of rotatable bonds is 35. The van der Waals surface area contributed by atoms with Gasteiger partial charge < -0.3 is 23.8 Å². The van der Waals surface area contributed by atoms with Crippen LogP contribution in [0.3, 0.4) is 0 Å². The molecule has 0 spiro atoms. The fourth-order valence-corrected chi connectivity index (χ4v) is 5.36. The zero-order chi connectivity index (χ0) is 40.7. The van der Waals surface area contributed by atoms with Crippen molar-refractivity contribution in [3.63, 3.8) is 0 Å². The molecule has 0 saturated heterocycles. The number of nitrogens with zero attached hydrogens (tertiary/aromatic N) is 1. The first kappa shape index (κ1) is 51.2. The van der Waals surface area contributed by atoms with E-state index in [1.807, 2.05) is 33.3 Å². The molecule has 0 aromatic rings. The van der Waals surface area contributed by atoms with E-state index < -0.39 is 24.1 Å².